The van der Waals surface area contributed by atoms with Gasteiger partial charge in [-0.25, -0.2) is 8.42 Å². The van der Waals surface area contributed by atoms with Gasteiger partial charge >= 0.3 is 0 Å². The average molecular weight is 620 g/mol. The molecule has 0 fully saturated rings. The lowest BCUT2D eigenvalue weighted by atomic mass is 10.0. The predicted molar refractivity (Wildman–Crippen MR) is 169 cm³/mol. The molecule has 10 heteroatoms. The van der Waals surface area contributed by atoms with Crippen molar-refractivity contribution in [3.63, 3.8) is 0 Å². The van der Waals surface area contributed by atoms with Crippen molar-refractivity contribution >= 4 is 39.1 Å². The summed E-state index contributed by atoms with van der Waals surface area (Å²) in [5, 5.41) is 2.86. The van der Waals surface area contributed by atoms with Gasteiger partial charge in [0.1, 0.15) is 18.3 Å². The SMILES string of the molecule is CNC(=O)C(Cc1ccccc1)N(Cc1ccccc1)C(=O)CN(c1ccc(OC)c(Cl)c1)S(=O)(=O)c1ccc(C)cc1. The molecule has 43 heavy (non-hydrogen) atoms. The van der Waals surface area contributed by atoms with Crippen molar-refractivity contribution in [2.24, 2.45) is 0 Å². The Hall–Kier alpha value is -4.34. The number of aryl methyl sites for hydroxylation is 1. The van der Waals surface area contributed by atoms with Crippen molar-refractivity contribution in [2.45, 2.75) is 30.8 Å². The van der Waals surface area contributed by atoms with Crippen LogP contribution in [0.5, 0.6) is 5.75 Å². The molecule has 0 saturated heterocycles. The molecule has 224 valence electrons. The molecule has 0 radical (unpaired) electrons. The van der Waals surface area contributed by atoms with Gasteiger partial charge in [-0.1, -0.05) is 90.0 Å². The Morgan fingerprint density at radius 2 is 1.49 bits per heavy atom. The van der Waals surface area contributed by atoms with E-state index in [2.05, 4.69) is 5.32 Å². The fraction of sp³-hybridized carbons (Fsp3) is 0.212. The van der Waals surface area contributed by atoms with Gasteiger partial charge in [-0.05, 0) is 48.4 Å². The highest BCUT2D eigenvalue weighted by molar-refractivity contribution is 7.92. The van der Waals surface area contributed by atoms with Crippen LogP contribution in [0.4, 0.5) is 5.69 Å². The van der Waals surface area contributed by atoms with Gasteiger partial charge in [-0.2, -0.15) is 0 Å². The Morgan fingerprint density at radius 1 is 0.884 bits per heavy atom. The number of likely N-dealkylation sites (N-methyl/N-ethyl adjacent to an activating group) is 1. The van der Waals surface area contributed by atoms with Crippen LogP contribution in [0.2, 0.25) is 5.02 Å². The van der Waals surface area contributed by atoms with Gasteiger partial charge in [0.2, 0.25) is 11.8 Å². The molecule has 1 atom stereocenters. The van der Waals surface area contributed by atoms with Gasteiger partial charge in [0.05, 0.1) is 22.7 Å². The minimum Gasteiger partial charge on any atom is -0.495 e. The van der Waals surface area contributed by atoms with Crippen LogP contribution in [0.25, 0.3) is 0 Å². The van der Waals surface area contributed by atoms with Crippen LogP contribution in [0, 0.1) is 6.92 Å². The van der Waals surface area contributed by atoms with Gasteiger partial charge in [-0.15, -0.1) is 0 Å². The molecule has 0 aliphatic heterocycles. The maximum absolute atomic E-state index is 14.3. The number of nitrogens with one attached hydrogen (secondary N) is 1. The zero-order valence-electron chi connectivity index (χ0n) is 24.2. The lowest BCUT2D eigenvalue weighted by Crippen LogP contribution is -2.53. The van der Waals surface area contributed by atoms with E-state index in [4.69, 9.17) is 16.3 Å². The summed E-state index contributed by atoms with van der Waals surface area (Å²) in [5.74, 6) is -0.567. The zero-order chi connectivity index (χ0) is 31.0. The molecule has 0 aliphatic rings. The topological polar surface area (TPSA) is 96.0 Å². The summed E-state index contributed by atoms with van der Waals surface area (Å²) >= 11 is 6.40. The van der Waals surface area contributed by atoms with E-state index < -0.39 is 28.5 Å². The first-order chi connectivity index (χ1) is 20.6. The molecule has 0 spiro atoms. The number of anilines is 1. The van der Waals surface area contributed by atoms with Crippen molar-refractivity contribution in [1.29, 1.82) is 0 Å². The van der Waals surface area contributed by atoms with E-state index in [1.54, 1.807) is 18.2 Å². The standard InChI is InChI=1S/C33H34ClN3O5S/c1-24-14-17-28(18-15-24)43(40,41)37(27-16-19-31(42-3)29(34)21-27)23-32(38)36(22-26-12-8-5-9-13-26)30(33(39)35-2)20-25-10-6-4-7-11-25/h4-19,21,30H,20,22-23H2,1-3H3,(H,35,39). The van der Waals surface area contributed by atoms with Crippen molar-refractivity contribution in [1.82, 2.24) is 10.2 Å². The summed E-state index contributed by atoms with van der Waals surface area (Å²) in [5.41, 5.74) is 2.71. The first-order valence-corrected chi connectivity index (χ1v) is 15.5. The summed E-state index contributed by atoms with van der Waals surface area (Å²) in [6.07, 6.45) is 0.234. The second-order valence-corrected chi connectivity index (χ2v) is 12.2. The molecule has 8 nitrogen and oxygen atoms in total. The van der Waals surface area contributed by atoms with Crippen molar-refractivity contribution in [3.8, 4) is 5.75 Å². The molecule has 1 N–H and O–H groups in total. The van der Waals surface area contributed by atoms with Gasteiger partial charge in [-0.3, -0.25) is 13.9 Å². The average Bonchev–Trinajstić information content (AvgIpc) is 3.02. The first-order valence-electron chi connectivity index (χ1n) is 13.7. The maximum atomic E-state index is 14.3. The largest absolute Gasteiger partial charge is 0.495 e. The van der Waals surface area contributed by atoms with Crippen molar-refractivity contribution in [2.75, 3.05) is 25.0 Å². The first kappa shape index (κ1) is 31.6. The smallest absolute Gasteiger partial charge is 0.264 e. The van der Waals surface area contributed by atoms with Crippen molar-refractivity contribution in [3.05, 3.63) is 125 Å². The number of benzene rings is 4. The molecular formula is C33H34ClN3O5S. The summed E-state index contributed by atoms with van der Waals surface area (Å²) in [7, 11) is -1.26. The fourth-order valence-corrected chi connectivity index (χ4v) is 6.34. The Bertz CT molecular complexity index is 1650. The monoisotopic (exact) mass is 619 g/mol. The number of rotatable bonds is 12. The molecule has 1 unspecified atom stereocenters. The number of carbonyl (C=O) groups excluding carboxylic acids is 2. The molecule has 2 amide bonds. The third-order valence-corrected chi connectivity index (χ3v) is 9.11. The lowest BCUT2D eigenvalue weighted by molar-refractivity contribution is -0.139. The fourth-order valence-electron chi connectivity index (χ4n) is 4.68. The van der Waals surface area contributed by atoms with Gasteiger partial charge in [0, 0.05) is 20.0 Å². The lowest BCUT2D eigenvalue weighted by Gasteiger charge is -2.33. The minimum absolute atomic E-state index is 0.0135. The molecule has 0 saturated carbocycles. The molecule has 4 aromatic rings. The molecule has 4 rings (SSSR count). The second kappa shape index (κ2) is 14.2. The van der Waals surface area contributed by atoms with Crippen LogP contribution >= 0.6 is 11.6 Å². The Morgan fingerprint density at radius 3 is 2.05 bits per heavy atom. The Labute approximate surface area is 257 Å². The highest BCUT2D eigenvalue weighted by atomic mass is 35.5. The Balaban J connectivity index is 1.80. The summed E-state index contributed by atoms with van der Waals surface area (Å²) < 4.78 is 34.4. The molecule has 0 aliphatic carbocycles. The molecular weight excluding hydrogens is 586 g/mol. The predicted octanol–water partition coefficient (Wildman–Crippen LogP) is 5.24. The number of nitrogens with zero attached hydrogens (tertiary/aromatic N) is 2. The summed E-state index contributed by atoms with van der Waals surface area (Å²) in [6, 6.07) is 28.6. The highest BCUT2D eigenvalue weighted by Gasteiger charge is 2.34. The van der Waals surface area contributed by atoms with Crippen LogP contribution in [0.15, 0.2) is 108 Å². The normalized spacial score (nSPS) is 11.8. The zero-order valence-corrected chi connectivity index (χ0v) is 25.8. The Kier molecular flexibility index (Phi) is 10.4. The summed E-state index contributed by atoms with van der Waals surface area (Å²) in [4.78, 5) is 29.1. The van der Waals surface area contributed by atoms with E-state index in [0.29, 0.717) is 5.75 Å². The minimum atomic E-state index is -4.23. The van der Waals surface area contributed by atoms with E-state index >= 15 is 0 Å². The molecule has 4 aromatic carbocycles. The second-order valence-electron chi connectivity index (χ2n) is 9.97. The number of hydrogen-bond acceptors (Lipinski definition) is 5. The van der Waals surface area contributed by atoms with E-state index in [0.717, 1.165) is 21.0 Å². The third kappa shape index (κ3) is 7.74. The van der Waals surface area contributed by atoms with E-state index in [-0.39, 0.29) is 34.5 Å². The summed E-state index contributed by atoms with van der Waals surface area (Å²) in [6.45, 7) is 1.37. The highest BCUT2D eigenvalue weighted by Crippen LogP contribution is 2.32. The number of ether oxygens (including phenoxy) is 1. The number of carbonyl (C=O) groups is 2. The molecule has 0 bridgehead atoms. The number of sulfonamides is 1. The number of halogens is 1. The van der Waals surface area contributed by atoms with E-state index in [9.17, 15) is 18.0 Å². The third-order valence-electron chi connectivity index (χ3n) is 7.02. The van der Waals surface area contributed by atoms with Crippen LogP contribution in [0.1, 0.15) is 16.7 Å². The molecule has 0 heterocycles. The van der Waals surface area contributed by atoms with Crippen LogP contribution in [0.3, 0.4) is 0 Å². The number of methoxy groups -OCH3 is 1. The number of amides is 2. The number of hydrogen-bond donors (Lipinski definition) is 1. The van der Waals surface area contributed by atoms with E-state index in [1.807, 2.05) is 67.6 Å². The maximum Gasteiger partial charge on any atom is 0.264 e. The van der Waals surface area contributed by atoms with Gasteiger partial charge in [0.25, 0.3) is 10.0 Å². The van der Waals surface area contributed by atoms with Crippen LogP contribution in [-0.4, -0.2) is 51.9 Å². The van der Waals surface area contributed by atoms with Gasteiger partial charge < -0.3 is 15.0 Å². The van der Waals surface area contributed by atoms with E-state index in [1.165, 1.54) is 43.3 Å². The van der Waals surface area contributed by atoms with Crippen molar-refractivity contribution < 1.29 is 22.7 Å². The van der Waals surface area contributed by atoms with Crippen LogP contribution < -0.4 is 14.4 Å². The molecule has 0 aromatic heterocycles. The van der Waals surface area contributed by atoms with Crippen LogP contribution in [-0.2, 0) is 32.6 Å². The van der Waals surface area contributed by atoms with Gasteiger partial charge in [0.15, 0.2) is 0 Å². The quantitative estimate of drug-likeness (QED) is 0.234.